The first kappa shape index (κ1) is 13.5. The van der Waals surface area contributed by atoms with E-state index in [2.05, 4.69) is 0 Å². The van der Waals surface area contributed by atoms with Gasteiger partial charge in [0.2, 0.25) is 0 Å². The SMILES string of the molecule is O=C(Cl)c1cccc2cccc(C(=O)c3ccccc3)c12. The van der Waals surface area contributed by atoms with Crippen LogP contribution in [0.25, 0.3) is 10.8 Å². The van der Waals surface area contributed by atoms with E-state index in [1.807, 2.05) is 30.3 Å². The van der Waals surface area contributed by atoms with Gasteiger partial charge >= 0.3 is 0 Å². The molecule has 0 spiro atoms. The van der Waals surface area contributed by atoms with Crippen LogP contribution < -0.4 is 0 Å². The molecular weight excluding hydrogens is 284 g/mol. The van der Waals surface area contributed by atoms with Crippen molar-refractivity contribution >= 4 is 33.4 Å². The second-order valence-electron chi connectivity index (χ2n) is 4.68. The monoisotopic (exact) mass is 294 g/mol. The van der Waals surface area contributed by atoms with Crippen molar-refractivity contribution in [1.82, 2.24) is 0 Å². The van der Waals surface area contributed by atoms with Crippen molar-refractivity contribution < 1.29 is 9.59 Å². The van der Waals surface area contributed by atoms with Gasteiger partial charge in [-0.3, -0.25) is 9.59 Å². The number of ketones is 1. The molecule has 0 atom stereocenters. The van der Waals surface area contributed by atoms with Crippen LogP contribution in [0.1, 0.15) is 26.3 Å². The third kappa shape index (κ3) is 2.46. The lowest BCUT2D eigenvalue weighted by atomic mass is 9.94. The molecule has 0 saturated carbocycles. The van der Waals surface area contributed by atoms with Gasteiger partial charge in [-0.2, -0.15) is 0 Å². The predicted molar refractivity (Wildman–Crippen MR) is 84.0 cm³/mol. The minimum atomic E-state index is -0.561. The second-order valence-corrected chi connectivity index (χ2v) is 5.02. The zero-order chi connectivity index (χ0) is 14.8. The van der Waals surface area contributed by atoms with Crippen LogP contribution in [-0.2, 0) is 0 Å². The van der Waals surface area contributed by atoms with Crippen LogP contribution >= 0.6 is 11.6 Å². The van der Waals surface area contributed by atoms with Crippen LogP contribution in [0.3, 0.4) is 0 Å². The number of rotatable bonds is 3. The standard InChI is InChI=1S/C18H11ClO2/c19-18(21)15-11-5-9-12-8-4-10-14(16(12)15)17(20)13-6-2-1-3-7-13/h1-11H. The van der Waals surface area contributed by atoms with Gasteiger partial charge in [-0.1, -0.05) is 60.7 Å². The normalized spacial score (nSPS) is 10.5. The summed E-state index contributed by atoms with van der Waals surface area (Å²) in [7, 11) is 0. The van der Waals surface area contributed by atoms with Gasteiger partial charge in [0.05, 0.1) is 0 Å². The Hall–Kier alpha value is -2.45. The first-order valence-corrected chi connectivity index (χ1v) is 6.87. The molecule has 0 unspecified atom stereocenters. The number of fused-ring (bicyclic) bond motifs is 1. The maximum atomic E-state index is 12.7. The lowest BCUT2D eigenvalue weighted by molar-refractivity contribution is 0.104. The third-order valence-corrected chi connectivity index (χ3v) is 3.60. The predicted octanol–water partition coefficient (Wildman–Crippen LogP) is 4.45. The minimum absolute atomic E-state index is 0.119. The maximum absolute atomic E-state index is 12.7. The van der Waals surface area contributed by atoms with E-state index >= 15 is 0 Å². The van der Waals surface area contributed by atoms with E-state index in [1.54, 1.807) is 36.4 Å². The molecule has 3 heteroatoms. The van der Waals surface area contributed by atoms with E-state index in [-0.39, 0.29) is 5.78 Å². The Morgan fingerprint density at radius 2 is 1.33 bits per heavy atom. The van der Waals surface area contributed by atoms with Crippen molar-refractivity contribution in [1.29, 1.82) is 0 Å². The third-order valence-electron chi connectivity index (χ3n) is 3.40. The fraction of sp³-hybridized carbons (Fsp3) is 0. The molecule has 0 bridgehead atoms. The van der Waals surface area contributed by atoms with Gasteiger partial charge in [0, 0.05) is 22.1 Å². The lowest BCUT2D eigenvalue weighted by Crippen LogP contribution is -2.04. The average Bonchev–Trinajstić information content (AvgIpc) is 2.53. The molecule has 2 nitrogen and oxygen atoms in total. The van der Waals surface area contributed by atoms with Gasteiger partial charge in [0.15, 0.2) is 5.78 Å². The zero-order valence-electron chi connectivity index (χ0n) is 11.0. The van der Waals surface area contributed by atoms with Gasteiger partial charge in [-0.25, -0.2) is 0 Å². The van der Waals surface area contributed by atoms with Crippen molar-refractivity contribution in [2.75, 3.05) is 0 Å². The molecule has 0 radical (unpaired) electrons. The minimum Gasteiger partial charge on any atom is -0.289 e. The van der Waals surface area contributed by atoms with Gasteiger partial charge < -0.3 is 0 Å². The van der Waals surface area contributed by atoms with Crippen LogP contribution in [-0.4, -0.2) is 11.0 Å². The molecular formula is C18H11ClO2. The maximum Gasteiger partial charge on any atom is 0.253 e. The van der Waals surface area contributed by atoms with E-state index in [0.29, 0.717) is 22.1 Å². The summed E-state index contributed by atoms with van der Waals surface area (Å²) >= 11 is 5.65. The van der Waals surface area contributed by atoms with Crippen LogP contribution in [0.5, 0.6) is 0 Å². The number of halogens is 1. The van der Waals surface area contributed by atoms with Crippen molar-refractivity contribution in [2.24, 2.45) is 0 Å². The van der Waals surface area contributed by atoms with Crippen molar-refractivity contribution in [2.45, 2.75) is 0 Å². The Morgan fingerprint density at radius 1 is 0.714 bits per heavy atom. The van der Waals surface area contributed by atoms with Crippen LogP contribution in [0.4, 0.5) is 0 Å². The summed E-state index contributed by atoms with van der Waals surface area (Å²) in [5, 5.41) is 0.867. The van der Waals surface area contributed by atoms with E-state index in [4.69, 9.17) is 11.6 Å². The highest BCUT2D eigenvalue weighted by Crippen LogP contribution is 2.26. The van der Waals surface area contributed by atoms with Crippen LogP contribution in [0, 0.1) is 0 Å². The summed E-state index contributed by atoms with van der Waals surface area (Å²) in [5.74, 6) is -0.119. The highest BCUT2D eigenvalue weighted by atomic mass is 35.5. The summed E-state index contributed by atoms with van der Waals surface area (Å²) in [6, 6.07) is 19.6. The first-order valence-electron chi connectivity index (χ1n) is 6.50. The highest BCUT2D eigenvalue weighted by Gasteiger charge is 2.16. The number of hydrogen-bond acceptors (Lipinski definition) is 2. The largest absolute Gasteiger partial charge is 0.289 e. The molecule has 0 heterocycles. The second kappa shape index (κ2) is 5.51. The number of carbonyl (C=O) groups excluding carboxylic acids is 2. The summed E-state index contributed by atoms with van der Waals surface area (Å²) in [6.45, 7) is 0. The summed E-state index contributed by atoms with van der Waals surface area (Å²) < 4.78 is 0. The Balaban J connectivity index is 2.28. The highest BCUT2D eigenvalue weighted by molar-refractivity contribution is 6.68. The summed E-state index contributed by atoms with van der Waals surface area (Å²) in [5.41, 5.74) is 1.43. The fourth-order valence-corrected chi connectivity index (χ4v) is 2.60. The van der Waals surface area contributed by atoms with Gasteiger partial charge in [-0.05, 0) is 23.1 Å². The zero-order valence-corrected chi connectivity index (χ0v) is 11.8. The quantitative estimate of drug-likeness (QED) is 0.528. The van der Waals surface area contributed by atoms with Crippen molar-refractivity contribution in [3.63, 3.8) is 0 Å². The molecule has 3 aromatic rings. The molecule has 0 amide bonds. The number of benzene rings is 3. The topological polar surface area (TPSA) is 34.1 Å². The molecule has 0 aliphatic carbocycles. The Bertz CT molecular complexity index is 833. The van der Waals surface area contributed by atoms with E-state index in [9.17, 15) is 9.59 Å². The van der Waals surface area contributed by atoms with Gasteiger partial charge in [-0.15, -0.1) is 0 Å². The molecule has 3 aromatic carbocycles. The molecule has 0 fully saturated rings. The molecule has 0 aromatic heterocycles. The van der Waals surface area contributed by atoms with Gasteiger partial charge in [0.1, 0.15) is 0 Å². The van der Waals surface area contributed by atoms with E-state index in [1.165, 1.54) is 0 Å². The molecule has 3 rings (SSSR count). The summed E-state index contributed by atoms with van der Waals surface area (Å²) in [4.78, 5) is 24.3. The molecule has 0 N–H and O–H groups in total. The van der Waals surface area contributed by atoms with E-state index < -0.39 is 5.24 Å². The first-order chi connectivity index (χ1) is 10.2. The summed E-state index contributed by atoms with van der Waals surface area (Å²) in [6.07, 6.45) is 0. The van der Waals surface area contributed by atoms with Crippen molar-refractivity contribution in [3.05, 3.63) is 83.4 Å². The van der Waals surface area contributed by atoms with Crippen LogP contribution in [0.15, 0.2) is 66.7 Å². The fourth-order valence-electron chi connectivity index (χ4n) is 2.44. The Labute approximate surface area is 127 Å². The molecule has 21 heavy (non-hydrogen) atoms. The smallest absolute Gasteiger partial charge is 0.253 e. The van der Waals surface area contributed by atoms with Crippen molar-refractivity contribution in [3.8, 4) is 0 Å². The molecule has 0 saturated heterocycles. The molecule has 0 aliphatic rings. The Morgan fingerprint density at radius 3 is 1.95 bits per heavy atom. The Kier molecular flexibility index (Phi) is 3.55. The van der Waals surface area contributed by atoms with Crippen LogP contribution in [0.2, 0.25) is 0 Å². The van der Waals surface area contributed by atoms with E-state index in [0.717, 1.165) is 5.39 Å². The van der Waals surface area contributed by atoms with Gasteiger partial charge in [0.25, 0.3) is 5.24 Å². The average molecular weight is 295 g/mol. The molecule has 102 valence electrons. The number of hydrogen-bond donors (Lipinski definition) is 0. The lowest BCUT2D eigenvalue weighted by Gasteiger charge is -2.09. The number of carbonyl (C=O) groups is 2. The molecule has 0 aliphatic heterocycles.